The van der Waals surface area contributed by atoms with Gasteiger partial charge in [0.2, 0.25) is 21.8 Å². The van der Waals surface area contributed by atoms with Crippen molar-refractivity contribution in [3.8, 4) is 22.2 Å². The number of nitrogens with one attached hydrogen (secondary N) is 2. The van der Waals surface area contributed by atoms with Gasteiger partial charge in [-0.2, -0.15) is 0 Å². The lowest BCUT2D eigenvalue weighted by Crippen LogP contribution is -2.58. The number of carbonyl (C=O) groups excluding carboxylic acids is 4. The molecule has 2 saturated carbocycles. The standard InChI is InChI=1S/C45H61N5O9S2/c1-14-27-20-45(27,40(53)49-61(55,56)44(12)17-18-44)21-31(51)36-26(5)34(22-50(36)39(52)37(42(6,7)8)48-41(54)59-43(9,10)11)58-33-19-29(38-47-30(23-60-38)24(2)3)46-35-25(4)32(57-13)16-15-28(33)35/h14-16,19,23-24,26-27,34,36-37H,1,17-18,20-22H2,2-13H3,(H,48,54)(H,49,53)/t26?,27-,34+,36+,37-,45-/m1/s1. The number of rotatable bonds is 14. The molecule has 2 N–H and O–H groups in total. The van der Waals surface area contributed by atoms with Crippen LogP contribution in [0.4, 0.5) is 4.79 Å². The van der Waals surface area contributed by atoms with E-state index >= 15 is 0 Å². The zero-order chi connectivity index (χ0) is 45.2. The van der Waals surface area contributed by atoms with Gasteiger partial charge in [0, 0.05) is 34.7 Å². The molecule has 0 bridgehead atoms. The van der Waals surface area contributed by atoms with E-state index in [1.165, 1.54) is 16.2 Å². The summed E-state index contributed by atoms with van der Waals surface area (Å²) in [7, 11) is -2.40. The average molecular weight is 880 g/mol. The van der Waals surface area contributed by atoms with Crippen molar-refractivity contribution >= 4 is 56.0 Å². The molecule has 16 heteroatoms. The quantitative estimate of drug-likeness (QED) is 0.153. The second-order valence-corrected chi connectivity index (χ2v) is 22.7. The Bertz CT molecular complexity index is 2360. The minimum atomic E-state index is -4.00. The molecule has 3 aliphatic rings. The first-order valence-corrected chi connectivity index (χ1v) is 23.2. The van der Waals surface area contributed by atoms with Crippen molar-refractivity contribution in [2.45, 2.75) is 136 Å². The largest absolute Gasteiger partial charge is 0.496 e. The van der Waals surface area contributed by atoms with Crippen molar-refractivity contribution in [2.75, 3.05) is 13.7 Å². The number of amides is 3. The van der Waals surface area contributed by atoms with E-state index in [0.717, 1.165) is 11.3 Å². The number of aryl methyl sites for hydroxylation is 1. The van der Waals surface area contributed by atoms with Crippen LogP contribution in [0.15, 0.2) is 36.2 Å². The SMILES string of the molecule is C=C[C@@H]1C[C@]1(CC(=O)[C@@H]1C(C)[C@@H](Oc2cc(-c3nc(C(C)C)cs3)nc3c(C)c(OC)ccc23)CN1C(=O)[C@@H](NC(=O)OC(C)(C)C)C(C)(C)C)C(=O)NS(=O)(=O)C1(C)CC1. The third-order valence-electron chi connectivity index (χ3n) is 12.4. The molecule has 61 heavy (non-hydrogen) atoms. The number of ether oxygens (including phenoxy) is 3. The van der Waals surface area contributed by atoms with E-state index in [1.807, 2.05) is 37.4 Å². The maximum Gasteiger partial charge on any atom is 0.408 e. The first kappa shape index (κ1) is 45.9. The molecule has 2 aromatic heterocycles. The van der Waals surface area contributed by atoms with Crippen LogP contribution >= 0.6 is 11.3 Å². The Kier molecular flexibility index (Phi) is 12.3. The molecule has 1 saturated heterocycles. The van der Waals surface area contributed by atoms with Crippen LogP contribution in [0.1, 0.15) is 112 Å². The predicted molar refractivity (Wildman–Crippen MR) is 235 cm³/mol. The van der Waals surface area contributed by atoms with Crippen molar-refractivity contribution in [2.24, 2.45) is 22.7 Å². The van der Waals surface area contributed by atoms with Crippen molar-refractivity contribution in [1.29, 1.82) is 0 Å². The van der Waals surface area contributed by atoms with E-state index in [1.54, 1.807) is 61.7 Å². The monoisotopic (exact) mass is 879 g/mol. The lowest BCUT2D eigenvalue weighted by Gasteiger charge is -2.36. The zero-order valence-electron chi connectivity index (χ0n) is 37.4. The summed E-state index contributed by atoms with van der Waals surface area (Å²) < 4.78 is 45.8. The van der Waals surface area contributed by atoms with Gasteiger partial charge in [-0.05, 0) is 83.3 Å². The highest BCUT2D eigenvalue weighted by atomic mass is 32.2. The summed E-state index contributed by atoms with van der Waals surface area (Å²) in [4.78, 5) is 68.3. The van der Waals surface area contributed by atoms with Crippen LogP contribution in [0.25, 0.3) is 21.6 Å². The van der Waals surface area contributed by atoms with Crippen LogP contribution in [0, 0.1) is 29.6 Å². The summed E-state index contributed by atoms with van der Waals surface area (Å²) in [6.07, 6.45) is 0.780. The van der Waals surface area contributed by atoms with Crippen molar-refractivity contribution in [3.63, 3.8) is 0 Å². The number of benzene rings is 1. The predicted octanol–water partition coefficient (Wildman–Crippen LogP) is 7.48. The highest BCUT2D eigenvalue weighted by Gasteiger charge is 2.63. The molecule has 6 atom stereocenters. The van der Waals surface area contributed by atoms with Crippen LogP contribution in [0.5, 0.6) is 11.5 Å². The summed E-state index contributed by atoms with van der Waals surface area (Å²) in [5.74, 6) is -1.49. The fourth-order valence-electron chi connectivity index (χ4n) is 8.07. The number of Topliss-reactive ketones (excluding diaryl/α,β-unsaturated/α-hetero) is 1. The van der Waals surface area contributed by atoms with E-state index in [4.69, 9.17) is 24.2 Å². The summed E-state index contributed by atoms with van der Waals surface area (Å²) in [5, 5.41) is 6.17. The van der Waals surface area contributed by atoms with Gasteiger partial charge in [-0.25, -0.2) is 23.2 Å². The molecular formula is C45H61N5O9S2. The Morgan fingerprint density at radius 3 is 2.30 bits per heavy atom. The van der Waals surface area contributed by atoms with E-state index in [-0.39, 0.29) is 25.3 Å². The third kappa shape index (κ3) is 9.16. The maximum atomic E-state index is 15.0. The van der Waals surface area contributed by atoms with Gasteiger partial charge in [0.1, 0.15) is 39.9 Å². The maximum absolute atomic E-state index is 15.0. The average Bonchev–Trinajstić information content (AvgIpc) is 3.98. The van der Waals surface area contributed by atoms with E-state index in [2.05, 4.69) is 30.5 Å². The molecule has 3 amide bonds. The molecule has 2 aliphatic carbocycles. The highest BCUT2D eigenvalue weighted by Crippen LogP contribution is 2.57. The number of hydrogen-bond donors (Lipinski definition) is 2. The van der Waals surface area contributed by atoms with Crippen LogP contribution in [0.2, 0.25) is 0 Å². The van der Waals surface area contributed by atoms with Gasteiger partial charge >= 0.3 is 6.09 Å². The molecule has 3 aromatic rings. The topological polar surface area (TPSA) is 183 Å². The number of carbonyl (C=O) groups is 4. The number of thiazole rings is 1. The van der Waals surface area contributed by atoms with Crippen LogP contribution in [-0.2, 0) is 29.1 Å². The molecule has 1 unspecified atom stereocenters. The Morgan fingerprint density at radius 1 is 1.08 bits per heavy atom. The van der Waals surface area contributed by atoms with E-state index in [0.29, 0.717) is 45.9 Å². The third-order valence-corrected chi connectivity index (χ3v) is 15.4. The zero-order valence-corrected chi connectivity index (χ0v) is 39.1. The van der Waals surface area contributed by atoms with Gasteiger partial charge in [-0.3, -0.25) is 19.1 Å². The number of nitrogens with zero attached hydrogens (tertiary/aromatic N) is 3. The van der Waals surface area contributed by atoms with Gasteiger partial charge in [0.05, 0.1) is 41.1 Å². The molecule has 14 nitrogen and oxygen atoms in total. The number of aromatic nitrogens is 2. The second kappa shape index (κ2) is 16.3. The van der Waals surface area contributed by atoms with Gasteiger partial charge in [-0.15, -0.1) is 17.9 Å². The van der Waals surface area contributed by atoms with Crippen molar-refractivity contribution in [3.05, 3.63) is 47.5 Å². The van der Waals surface area contributed by atoms with E-state index < -0.39 is 84.9 Å². The number of fused-ring (bicyclic) bond motifs is 1. The molecule has 0 spiro atoms. The van der Waals surface area contributed by atoms with Crippen molar-refractivity contribution in [1.82, 2.24) is 24.9 Å². The highest BCUT2D eigenvalue weighted by molar-refractivity contribution is 7.91. The van der Waals surface area contributed by atoms with Crippen LogP contribution < -0.4 is 19.5 Å². The number of pyridine rings is 1. The normalized spacial score (nSPS) is 23.9. The van der Waals surface area contributed by atoms with Crippen LogP contribution in [-0.4, -0.2) is 89.2 Å². The number of allylic oxidation sites excluding steroid dienone is 1. The van der Waals surface area contributed by atoms with Gasteiger partial charge in [-0.1, -0.05) is 47.6 Å². The Hall–Kier alpha value is -4.57. The Morgan fingerprint density at radius 2 is 1.75 bits per heavy atom. The Balaban J connectivity index is 1.40. The molecule has 6 rings (SSSR count). The number of alkyl carbamates (subject to hydrolysis) is 1. The van der Waals surface area contributed by atoms with Gasteiger partial charge in [0.15, 0.2) is 5.78 Å². The number of methoxy groups -OCH3 is 1. The van der Waals surface area contributed by atoms with Crippen LogP contribution in [0.3, 0.4) is 0 Å². The summed E-state index contributed by atoms with van der Waals surface area (Å²) >= 11 is 1.47. The van der Waals surface area contributed by atoms with Gasteiger partial charge in [0.25, 0.3) is 0 Å². The molecule has 332 valence electrons. The number of hydrogen-bond acceptors (Lipinski definition) is 12. The number of likely N-dealkylation sites (tertiary alicyclic amines) is 1. The summed E-state index contributed by atoms with van der Waals surface area (Å²) in [6.45, 7) is 23.9. The molecule has 1 aliphatic heterocycles. The first-order chi connectivity index (χ1) is 28.3. The number of ketones is 1. The first-order valence-electron chi connectivity index (χ1n) is 20.9. The smallest absolute Gasteiger partial charge is 0.408 e. The van der Waals surface area contributed by atoms with Crippen molar-refractivity contribution < 1.29 is 41.8 Å². The molecule has 1 aromatic carbocycles. The number of sulfonamides is 1. The minimum Gasteiger partial charge on any atom is -0.496 e. The molecule has 3 fully saturated rings. The summed E-state index contributed by atoms with van der Waals surface area (Å²) in [5.41, 5.74) is -0.0927. The second-order valence-electron chi connectivity index (χ2n) is 19.7. The Labute approximate surface area is 363 Å². The fraction of sp³-hybridized carbons (Fsp3) is 0.600. The minimum absolute atomic E-state index is 0.0428. The lowest BCUT2D eigenvalue weighted by molar-refractivity contribution is -0.143. The lowest BCUT2D eigenvalue weighted by atomic mass is 9.84. The molecular weight excluding hydrogens is 819 g/mol. The molecule has 3 heterocycles. The summed E-state index contributed by atoms with van der Waals surface area (Å²) in [6, 6.07) is 3.28. The van der Waals surface area contributed by atoms with E-state index in [9.17, 15) is 27.6 Å². The molecule has 0 radical (unpaired) electrons. The fourth-order valence-corrected chi connectivity index (χ4v) is 10.3. The van der Waals surface area contributed by atoms with Gasteiger partial charge < -0.3 is 24.4 Å².